The van der Waals surface area contributed by atoms with Crippen LogP contribution < -0.4 is 5.73 Å². The minimum atomic E-state index is 0.311. The van der Waals surface area contributed by atoms with Gasteiger partial charge in [-0.25, -0.2) is 4.98 Å². The first-order valence-electron chi connectivity index (χ1n) is 8.18. The Morgan fingerprint density at radius 1 is 1.12 bits per heavy atom. The molecule has 4 aromatic rings. The average Bonchev–Trinajstić information content (AvgIpc) is 3.17. The van der Waals surface area contributed by atoms with Crippen LogP contribution in [-0.2, 0) is 6.54 Å². The van der Waals surface area contributed by atoms with Gasteiger partial charge in [0.15, 0.2) is 0 Å². The Morgan fingerprint density at radius 2 is 1.96 bits per heavy atom. The maximum atomic E-state index is 5.93. The zero-order chi connectivity index (χ0) is 17.6. The third-order valence-electron chi connectivity index (χ3n) is 4.38. The van der Waals surface area contributed by atoms with Crippen molar-refractivity contribution in [1.29, 1.82) is 0 Å². The summed E-state index contributed by atoms with van der Waals surface area (Å²) in [6.45, 7) is 7.01. The standard InChI is InChI=1S/C18H19N7/c1-4-24-16-14(13-6-5-11(2)7-12(13)3)8-20-9-15(16)23-18(24)25-17(19)21-10-22-25/h5-10H,4H2,1-3H3,(H2,19,21,22). The topological polar surface area (TPSA) is 87.4 Å². The van der Waals surface area contributed by atoms with Crippen LogP contribution in [0.25, 0.3) is 28.1 Å². The molecule has 0 radical (unpaired) electrons. The number of hydrogen-bond acceptors (Lipinski definition) is 5. The molecule has 0 aliphatic heterocycles. The highest BCUT2D eigenvalue weighted by Gasteiger charge is 2.18. The summed E-state index contributed by atoms with van der Waals surface area (Å²) in [6.07, 6.45) is 5.09. The van der Waals surface area contributed by atoms with E-state index < -0.39 is 0 Å². The molecule has 0 spiro atoms. The monoisotopic (exact) mass is 333 g/mol. The zero-order valence-electron chi connectivity index (χ0n) is 14.4. The van der Waals surface area contributed by atoms with E-state index in [1.165, 1.54) is 17.5 Å². The molecule has 0 aliphatic carbocycles. The second-order valence-electron chi connectivity index (χ2n) is 6.06. The number of rotatable bonds is 3. The maximum absolute atomic E-state index is 5.93. The minimum absolute atomic E-state index is 0.311. The summed E-state index contributed by atoms with van der Waals surface area (Å²) in [4.78, 5) is 13.1. The third kappa shape index (κ3) is 2.36. The summed E-state index contributed by atoms with van der Waals surface area (Å²) in [5, 5.41) is 4.20. The van der Waals surface area contributed by atoms with Crippen LogP contribution in [0.5, 0.6) is 0 Å². The van der Waals surface area contributed by atoms with Gasteiger partial charge in [0, 0.05) is 18.3 Å². The molecule has 1 aromatic carbocycles. The van der Waals surface area contributed by atoms with E-state index >= 15 is 0 Å². The lowest BCUT2D eigenvalue weighted by Gasteiger charge is -2.11. The van der Waals surface area contributed by atoms with Crippen LogP contribution in [0.15, 0.2) is 36.9 Å². The number of nitrogens with zero attached hydrogens (tertiary/aromatic N) is 6. The molecule has 0 amide bonds. The Hall–Kier alpha value is -3.22. The summed E-state index contributed by atoms with van der Waals surface area (Å²) in [5.74, 6) is 0.956. The van der Waals surface area contributed by atoms with Gasteiger partial charge < -0.3 is 10.3 Å². The van der Waals surface area contributed by atoms with Crippen molar-refractivity contribution in [3.05, 3.63) is 48.0 Å². The molecule has 0 fully saturated rings. The second-order valence-corrected chi connectivity index (χ2v) is 6.06. The molecule has 126 valence electrons. The van der Waals surface area contributed by atoms with E-state index in [4.69, 9.17) is 10.7 Å². The summed E-state index contributed by atoms with van der Waals surface area (Å²) >= 11 is 0. The number of nitrogens with two attached hydrogens (primary N) is 1. The van der Waals surface area contributed by atoms with Gasteiger partial charge in [-0.1, -0.05) is 23.8 Å². The fourth-order valence-corrected chi connectivity index (χ4v) is 3.25. The molecule has 3 aromatic heterocycles. The van der Waals surface area contributed by atoms with E-state index in [-0.39, 0.29) is 0 Å². The van der Waals surface area contributed by atoms with E-state index in [0.29, 0.717) is 11.9 Å². The number of benzene rings is 1. The molecule has 25 heavy (non-hydrogen) atoms. The number of nitrogen functional groups attached to an aromatic ring is 1. The quantitative estimate of drug-likeness (QED) is 0.623. The van der Waals surface area contributed by atoms with Crippen molar-refractivity contribution >= 4 is 17.0 Å². The first-order chi connectivity index (χ1) is 12.1. The number of aryl methyl sites for hydroxylation is 3. The Bertz CT molecular complexity index is 1070. The molecule has 0 atom stereocenters. The van der Waals surface area contributed by atoms with Crippen LogP contribution in [0.1, 0.15) is 18.1 Å². The normalized spacial score (nSPS) is 11.3. The lowest BCUT2D eigenvalue weighted by Crippen LogP contribution is -2.10. The number of aromatic nitrogens is 6. The van der Waals surface area contributed by atoms with Crippen LogP contribution in [-0.4, -0.2) is 29.3 Å². The van der Waals surface area contributed by atoms with Crippen molar-refractivity contribution in [3.8, 4) is 17.1 Å². The van der Waals surface area contributed by atoms with Crippen LogP contribution >= 0.6 is 0 Å². The van der Waals surface area contributed by atoms with Gasteiger partial charge in [-0.2, -0.15) is 14.8 Å². The Labute approximate surface area is 145 Å². The molecule has 2 N–H and O–H groups in total. The maximum Gasteiger partial charge on any atom is 0.235 e. The van der Waals surface area contributed by atoms with Gasteiger partial charge in [-0.05, 0) is 31.9 Å². The van der Waals surface area contributed by atoms with Gasteiger partial charge in [-0.15, -0.1) is 0 Å². The summed E-state index contributed by atoms with van der Waals surface area (Å²) < 4.78 is 3.64. The van der Waals surface area contributed by atoms with Crippen molar-refractivity contribution in [3.63, 3.8) is 0 Å². The van der Waals surface area contributed by atoms with Crippen molar-refractivity contribution in [1.82, 2.24) is 29.3 Å². The van der Waals surface area contributed by atoms with E-state index in [0.717, 1.165) is 28.7 Å². The molecule has 0 bridgehead atoms. The highest BCUT2D eigenvalue weighted by Crippen LogP contribution is 2.32. The highest BCUT2D eigenvalue weighted by atomic mass is 15.4. The van der Waals surface area contributed by atoms with Gasteiger partial charge >= 0.3 is 0 Å². The average molecular weight is 333 g/mol. The molecule has 4 rings (SSSR count). The number of anilines is 1. The van der Waals surface area contributed by atoms with Gasteiger partial charge in [-0.3, -0.25) is 4.98 Å². The number of imidazole rings is 1. The van der Waals surface area contributed by atoms with Crippen molar-refractivity contribution < 1.29 is 0 Å². The molecule has 0 unspecified atom stereocenters. The first kappa shape index (κ1) is 15.3. The summed E-state index contributed by atoms with van der Waals surface area (Å²) in [5.41, 5.74) is 12.4. The molecule has 3 heterocycles. The van der Waals surface area contributed by atoms with E-state index in [2.05, 4.69) is 58.6 Å². The van der Waals surface area contributed by atoms with Crippen LogP contribution in [0.3, 0.4) is 0 Å². The van der Waals surface area contributed by atoms with Crippen LogP contribution in [0.4, 0.5) is 5.95 Å². The molecular weight excluding hydrogens is 314 g/mol. The fourth-order valence-electron chi connectivity index (χ4n) is 3.25. The van der Waals surface area contributed by atoms with Crippen LogP contribution in [0, 0.1) is 13.8 Å². The van der Waals surface area contributed by atoms with Gasteiger partial charge in [0.1, 0.15) is 11.8 Å². The van der Waals surface area contributed by atoms with Gasteiger partial charge in [0.2, 0.25) is 11.9 Å². The van der Waals surface area contributed by atoms with Crippen molar-refractivity contribution in [2.45, 2.75) is 27.3 Å². The predicted octanol–water partition coefficient (Wildman–Crippen LogP) is 2.90. The smallest absolute Gasteiger partial charge is 0.235 e. The molecule has 0 saturated carbocycles. The molecule has 0 aliphatic rings. The summed E-state index contributed by atoms with van der Waals surface area (Å²) in [6, 6.07) is 6.43. The largest absolute Gasteiger partial charge is 0.368 e. The first-order valence-corrected chi connectivity index (χ1v) is 8.18. The van der Waals surface area contributed by atoms with E-state index in [1.54, 1.807) is 10.9 Å². The second kappa shape index (κ2) is 5.70. The van der Waals surface area contributed by atoms with Crippen molar-refractivity contribution in [2.75, 3.05) is 5.73 Å². The lowest BCUT2D eigenvalue weighted by molar-refractivity contribution is 0.706. The molecule has 7 nitrogen and oxygen atoms in total. The zero-order valence-corrected chi connectivity index (χ0v) is 14.4. The fraction of sp³-hybridized carbons (Fsp3) is 0.222. The number of pyridine rings is 1. The molecule has 7 heteroatoms. The Kier molecular flexibility index (Phi) is 3.49. The third-order valence-corrected chi connectivity index (χ3v) is 4.38. The lowest BCUT2D eigenvalue weighted by atomic mass is 9.99. The Balaban J connectivity index is 2.04. The molecular formula is C18H19N7. The van der Waals surface area contributed by atoms with E-state index in [1.807, 2.05) is 6.20 Å². The predicted molar refractivity (Wildman–Crippen MR) is 97.4 cm³/mol. The number of hydrogen-bond donors (Lipinski definition) is 1. The van der Waals surface area contributed by atoms with Crippen LogP contribution in [0.2, 0.25) is 0 Å². The minimum Gasteiger partial charge on any atom is -0.368 e. The Morgan fingerprint density at radius 3 is 2.64 bits per heavy atom. The molecule has 0 saturated heterocycles. The number of fused-ring (bicyclic) bond motifs is 1. The highest BCUT2D eigenvalue weighted by molar-refractivity contribution is 5.93. The van der Waals surface area contributed by atoms with Gasteiger partial charge in [0.05, 0.1) is 11.7 Å². The van der Waals surface area contributed by atoms with E-state index in [9.17, 15) is 0 Å². The summed E-state index contributed by atoms with van der Waals surface area (Å²) in [7, 11) is 0. The van der Waals surface area contributed by atoms with Gasteiger partial charge in [0.25, 0.3) is 0 Å². The van der Waals surface area contributed by atoms with Crippen molar-refractivity contribution in [2.24, 2.45) is 0 Å². The SMILES string of the molecule is CCn1c(-n2ncnc2N)nc2cncc(-c3ccc(C)cc3C)c21.